The van der Waals surface area contributed by atoms with Crippen LogP contribution in [0.1, 0.15) is 29.9 Å². The van der Waals surface area contributed by atoms with Crippen molar-refractivity contribution in [3.63, 3.8) is 0 Å². The smallest absolute Gasteiger partial charge is 0.246 e. The lowest BCUT2D eigenvalue weighted by Gasteiger charge is -2.22. The van der Waals surface area contributed by atoms with Crippen molar-refractivity contribution in [2.45, 2.75) is 33.2 Å². The fraction of sp³-hybridized carbons (Fsp3) is 0.318. The number of hydrogen-bond acceptors (Lipinski definition) is 6. The predicted molar refractivity (Wildman–Crippen MR) is 119 cm³/mol. The Balaban J connectivity index is 1.50. The maximum atomic E-state index is 12.2. The summed E-state index contributed by atoms with van der Waals surface area (Å²) in [6, 6.07) is 15.0. The van der Waals surface area contributed by atoms with Gasteiger partial charge in [-0.25, -0.2) is 8.42 Å². The first kappa shape index (κ1) is 22.5. The molecule has 1 heterocycles. The van der Waals surface area contributed by atoms with Crippen LogP contribution in [-0.4, -0.2) is 37.3 Å². The molecule has 0 spiro atoms. The highest BCUT2D eigenvalue weighted by Crippen LogP contribution is 2.19. The van der Waals surface area contributed by atoms with Gasteiger partial charge in [-0.15, -0.1) is 0 Å². The lowest BCUT2D eigenvalue weighted by Crippen LogP contribution is -2.32. The molecule has 0 atom stereocenters. The molecule has 3 aromatic rings. The minimum absolute atomic E-state index is 0.116. The Kier molecular flexibility index (Phi) is 7.06. The van der Waals surface area contributed by atoms with E-state index in [1.54, 1.807) is 12.1 Å². The molecule has 0 saturated carbocycles. The number of carbonyl (C=O) groups is 1. The molecule has 8 nitrogen and oxygen atoms in total. The first-order valence-corrected chi connectivity index (χ1v) is 11.8. The van der Waals surface area contributed by atoms with Gasteiger partial charge in [0.05, 0.1) is 18.5 Å². The van der Waals surface area contributed by atoms with Gasteiger partial charge in [0.25, 0.3) is 0 Å². The molecular weight excluding hydrogens is 416 g/mol. The third-order valence-electron chi connectivity index (χ3n) is 4.67. The van der Waals surface area contributed by atoms with Crippen molar-refractivity contribution in [3.05, 3.63) is 65.5 Å². The molecule has 0 aliphatic carbocycles. The molecular formula is C22H26N4O4S. The summed E-state index contributed by atoms with van der Waals surface area (Å²) in [6.45, 7) is 4.25. The van der Waals surface area contributed by atoms with Crippen LogP contribution in [0.15, 0.2) is 53.1 Å². The summed E-state index contributed by atoms with van der Waals surface area (Å²) in [5, 5.41) is 6.68. The van der Waals surface area contributed by atoms with Gasteiger partial charge >= 0.3 is 0 Å². The van der Waals surface area contributed by atoms with Crippen LogP contribution in [0, 0.1) is 13.8 Å². The number of nitrogens with zero attached hydrogens (tertiary/aromatic N) is 3. The molecule has 0 aliphatic heterocycles. The van der Waals surface area contributed by atoms with Crippen molar-refractivity contribution in [3.8, 4) is 11.4 Å². The quantitative estimate of drug-likeness (QED) is 0.545. The van der Waals surface area contributed by atoms with Gasteiger partial charge in [0.2, 0.25) is 27.6 Å². The second-order valence-corrected chi connectivity index (χ2v) is 9.34. The van der Waals surface area contributed by atoms with E-state index in [9.17, 15) is 13.2 Å². The van der Waals surface area contributed by atoms with Gasteiger partial charge in [-0.2, -0.15) is 4.98 Å². The predicted octanol–water partition coefficient (Wildman–Crippen LogP) is 3.22. The molecule has 0 saturated heterocycles. The highest BCUT2D eigenvalue weighted by atomic mass is 32.2. The zero-order valence-corrected chi connectivity index (χ0v) is 18.6. The Morgan fingerprint density at radius 1 is 1.10 bits per heavy atom. The third kappa shape index (κ3) is 6.39. The van der Waals surface area contributed by atoms with Crippen LogP contribution in [0.25, 0.3) is 11.4 Å². The minimum Gasteiger partial charge on any atom is -0.347 e. The largest absolute Gasteiger partial charge is 0.347 e. The van der Waals surface area contributed by atoms with E-state index in [0.717, 1.165) is 22.9 Å². The molecule has 31 heavy (non-hydrogen) atoms. The monoisotopic (exact) mass is 442 g/mol. The van der Waals surface area contributed by atoms with Crippen LogP contribution in [0.2, 0.25) is 0 Å². The van der Waals surface area contributed by atoms with E-state index in [-0.39, 0.29) is 25.4 Å². The normalized spacial score (nSPS) is 11.3. The highest BCUT2D eigenvalue weighted by molar-refractivity contribution is 7.92. The van der Waals surface area contributed by atoms with Crippen LogP contribution in [0.4, 0.5) is 5.69 Å². The molecule has 1 aromatic heterocycles. The average Bonchev–Trinajstić information content (AvgIpc) is 3.19. The molecule has 1 N–H and O–H groups in total. The van der Waals surface area contributed by atoms with Crippen molar-refractivity contribution in [1.82, 2.24) is 15.5 Å². The van der Waals surface area contributed by atoms with Crippen molar-refractivity contribution in [2.24, 2.45) is 0 Å². The average molecular weight is 443 g/mol. The lowest BCUT2D eigenvalue weighted by molar-refractivity contribution is -0.121. The molecule has 0 radical (unpaired) electrons. The second-order valence-electron chi connectivity index (χ2n) is 7.43. The Bertz CT molecular complexity index is 1140. The summed E-state index contributed by atoms with van der Waals surface area (Å²) >= 11 is 0. The fourth-order valence-electron chi connectivity index (χ4n) is 3.07. The van der Waals surface area contributed by atoms with E-state index < -0.39 is 10.0 Å². The Hall–Kier alpha value is -3.20. The summed E-state index contributed by atoms with van der Waals surface area (Å²) in [4.78, 5) is 16.5. The summed E-state index contributed by atoms with van der Waals surface area (Å²) < 4.78 is 30.8. The standard InChI is InChI=1S/C22H26N4O4S/c1-16-9-11-19(12-10-16)26(31(3,28)29)13-5-8-20(27)23-15-21-24-22(25-30-21)18-7-4-6-17(2)14-18/h4,6-7,9-12,14H,5,8,13,15H2,1-3H3,(H,23,27). The molecule has 3 rings (SSSR count). The van der Waals surface area contributed by atoms with E-state index in [1.165, 1.54) is 4.31 Å². The van der Waals surface area contributed by atoms with Gasteiger partial charge in [-0.1, -0.05) is 46.6 Å². The number of amides is 1. The van der Waals surface area contributed by atoms with Gasteiger partial charge in [0.15, 0.2) is 0 Å². The zero-order valence-electron chi connectivity index (χ0n) is 17.8. The SMILES string of the molecule is Cc1ccc(N(CCCC(=O)NCc2nc(-c3cccc(C)c3)no2)S(C)(=O)=O)cc1. The number of aryl methyl sites for hydroxylation is 2. The Morgan fingerprint density at radius 2 is 1.84 bits per heavy atom. The molecule has 9 heteroatoms. The van der Waals surface area contributed by atoms with Crippen LogP contribution in [0.3, 0.4) is 0 Å². The maximum absolute atomic E-state index is 12.2. The molecule has 0 fully saturated rings. The minimum atomic E-state index is -3.44. The van der Waals surface area contributed by atoms with Gasteiger partial charge in [-0.05, 0) is 38.5 Å². The maximum Gasteiger partial charge on any atom is 0.246 e. The molecule has 1 amide bonds. The Morgan fingerprint density at radius 3 is 2.52 bits per heavy atom. The van der Waals surface area contributed by atoms with E-state index in [1.807, 2.05) is 50.2 Å². The Labute approximate surface area is 182 Å². The van der Waals surface area contributed by atoms with E-state index in [4.69, 9.17) is 4.52 Å². The molecule has 164 valence electrons. The highest BCUT2D eigenvalue weighted by Gasteiger charge is 2.17. The van der Waals surface area contributed by atoms with Crippen LogP contribution in [-0.2, 0) is 21.4 Å². The lowest BCUT2D eigenvalue weighted by atomic mass is 10.1. The molecule has 0 aliphatic rings. The zero-order chi connectivity index (χ0) is 22.4. The molecule has 2 aromatic carbocycles. The number of aromatic nitrogens is 2. The van der Waals surface area contributed by atoms with E-state index >= 15 is 0 Å². The number of sulfonamides is 1. The van der Waals surface area contributed by atoms with Crippen molar-refractivity contribution in [2.75, 3.05) is 17.1 Å². The fourth-order valence-corrected chi connectivity index (χ4v) is 4.04. The van der Waals surface area contributed by atoms with Crippen molar-refractivity contribution < 1.29 is 17.7 Å². The summed E-state index contributed by atoms with van der Waals surface area (Å²) in [6.07, 6.45) is 1.72. The molecule has 0 unspecified atom stereocenters. The third-order valence-corrected chi connectivity index (χ3v) is 5.86. The first-order chi connectivity index (χ1) is 14.7. The van der Waals surface area contributed by atoms with Gasteiger partial charge in [0, 0.05) is 18.5 Å². The summed E-state index contributed by atoms with van der Waals surface area (Å²) in [7, 11) is -3.44. The number of nitrogens with one attached hydrogen (secondary N) is 1. The van der Waals surface area contributed by atoms with Crippen molar-refractivity contribution in [1.29, 1.82) is 0 Å². The van der Waals surface area contributed by atoms with Gasteiger partial charge in [-0.3, -0.25) is 9.10 Å². The summed E-state index contributed by atoms with van der Waals surface area (Å²) in [5.74, 6) is 0.560. The van der Waals surface area contributed by atoms with Gasteiger partial charge < -0.3 is 9.84 Å². The number of carbonyl (C=O) groups excluding carboxylic acids is 1. The number of hydrogen-bond donors (Lipinski definition) is 1. The first-order valence-electron chi connectivity index (χ1n) is 9.93. The summed E-state index contributed by atoms with van der Waals surface area (Å²) in [5.41, 5.74) is 3.57. The van der Waals surface area contributed by atoms with Crippen molar-refractivity contribution >= 4 is 21.6 Å². The number of anilines is 1. The number of benzene rings is 2. The molecule has 0 bridgehead atoms. The van der Waals surface area contributed by atoms with Crippen LogP contribution < -0.4 is 9.62 Å². The van der Waals surface area contributed by atoms with E-state index in [0.29, 0.717) is 23.8 Å². The van der Waals surface area contributed by atoms with Crippen LogP contribution in [0.5, 0.6) is 0 Å². The second kappa shape index (κ2) is 9.74. The van der Waals surface area contributed by atoms with E-state index in [2.05, 4.69) is 15.5 Å². The van der Waals surface area contributed by atoms with Crippen LogP contribution >= 0.6 is 0 Å². The number of rotatable bonds is 9. The topological polar surface area (TPSA) is 105 Å². The van der Waals surface area contributed by atoms with Gasteiger partial charge in [0.1, 0.15) is 0 Å².